The van der Waals surface area contributed by atoms with Crippen LogP contribution in [0.3, 0.4) is 0 Å². The average Bonchev–Trinajstić information content (AvgIpc) is 2.62. The van der Waals surface area contributed by atoms with Gasteiger partial charge in [0.25, 0.3) is 0 Å². The van der Waals surface area contributed by atoms with Gasteiger partial charge in [0, 0.05) is 0 Å². The lowest BCUT2D eigenvalue weighted by molar-refractivity contribution is 0.190. The van der Waals surface area contributed by atoms with Gasteiger partial charge in [-0.2, -0.15) is 0 Å². The van der Waals surface area contributed by atoms with Crippen LogP contribution in [0, 0.1) is 11.8 Å². The summed E-state index contributed by atoms with van der Waals surface area (Å²) in [5.41, 5.74) is 1.42. The topological polar surface area (TPSA) is 9.23 Å². The molecule has 1 aliphatic carbocycles. The summed E-state index contributed by atoms with van der Waals surface area (Å²) >= 11 is 0. The molecule has 1 heteroatoms. The molecule has 0 amide bonds. The van der Waals surface area contributed by atoms with Crippen LogP contribution in [0.25, 0.3) is 0 Å². The summed E-state index contributed by atoms with van der Waals surface area (Å²) in [5.74, 6) is 3.00. The maximum absolute atomic E-state index is 5.96. The van der Waals surface area contributed by atoms with Gasteiger partial charge < -0.3 is 4.74 Å². The van der Waals surface area contributed by atoms with Gasteiger partial charge in [-0.1, -0.05) is 83.8 Å². The Labute approximate surface area is 150 Å². The second-order valence-corrected chi connectivity index (χ2v) is 7.69. The van der Waals surface area contributed by atoms with Crippen molar-refractivity contribution in [2.45, 2.75) is 90.9 Å². The Hall–Kier alpha value is -0.980. The van der Waals surface area contributed by atoms with E-state index in [2.05, 4.69) is 38.1 Å². The van der Waals surface area contributed by atoms with Crippen molar-refractivity contribution in [1.82, 2.24) is 0 Å². The molecule has 2 rings (SSSR count). The first-order valence-electron chi connectivity index (χ1n) is 10.5. The molecule has 2 atom stereocenters. The fraction of sp³-hybridized carbons (Fsp3) is 0.739. The highest BCUT2D eigenvalue weighted by atomic mass is 16.5. The van der Waals surface area contributed by atoms with Gasteiger partial charge >= 0.3 is 0 Å². The number of unbranched alkanes of at least 4 members (excludes halogenated alkanes) is 2. The van der Waals surface area contributed by atoms with E-state index in [9.17, 15) is 0 Å². The third kappa shape index (κ3) is 6.87. The second kappa shape index (κ2) is 11.6. The summed E-state index contributed by atoms with van der Waals surface area (Å²) in [6.07, 6.45) is 16.5. The molecule has 0 bridgehead atoms. The molecule has 0 N–H and O–H groups in total. The van der Waals surface area contributed by atoms with Crippen LogP contribution in [0.15, 0.2) is 24.3 Å². The fourth-order valence-electron chi connectivity index (χ4n) is 4.28. The molecule has 24 heavy (non-hydrogen) atoms. The summed E-state index contributed by atoms with van der Waals surface area (Å²) in [7, 11) is 0. The Morgan fingerprint density at radius 2 is 1.50 bits per heavy atom. The normalized spacial score (nSPS) is 20.9. The zero-order valence-corrected chi connectivity index (χ0v) is 16.1. The van der Waals surface area contributed by atoms with Gasteiger partial charge in [-0.15, -0.1) is 0 Å². The van der Waals surface area contributed by atoms with E-state index in [-0.39, 0.29) is 0 Å². The molecule has 2 unspecified atom stereocenters. The maximum Gasteiger partial charge on any atom is 0.119 e. The van der Waals surface area contributed by atoms with E-state index in [0.29, 0.717) is 0 Å². The SMILES string of the molecule is CCCCCC1CCCCC1CCCOc1ccc(CCC)cc1. The van der Waals surface area contributed by atoms with E-state index >= 15 is 0 Å². The molecule has 1 fully saturated rings. The van der Waals surface area contributed by atoms with Crippen LogP contribution in [-0.2, 0) is 6.42 Å². The van der Waals surface area contributed by atoms with E-state index in [1.807, 2.05) is 0 Å². The van der Waals surface area contributed by atoms with E-state index in [4.69, 9.17) is 4.74 Å². The number of benzene rings is 1. The first-order valence-corrected chi connectivity index (χ1v) is 10.5. The van der Waals surface area contributed by atoms with Crippen LogP contribution >= 0.6 is 0 Å². The fourth-order valence-corrected chi connectivity index (χ4v) is 4.28. The zero-order valence-electron chi connectivity index (χ0n) is 16.1. The molecule has 0 aliphatic heterocycles. The van der Waals surface area contributed by atoms with E-state index < -0.39 is 0 Å². The predicted molar refractivity (Wildman–Crippen MR) is 105 cm³/mol. The average molecular weight is 331 g/mol. The quantitative estimate of drug-likeness (QED) is 0.390. The first kappa shape index (κ1) is 19.3. The minimum Gasteiger partial charge on any atom is -0.494 e. The Kier molecular flexibility index (Phi) is 9.31. The van der Waals surface area contributed by atoms with E-state index in [1.54, 1.807) is 0 Å². The van der Waals surface area contributed by atoms with Crippen molar-refractivity contribution in [3.8, 4) is 5.75 Å². The largest absolute Gasteiger partial charge is 0.494 e. The molecule has 1 aromatic carbocycles. The zero-order chi connectivity index (χ0) is 17.0. The number of rotatable bonds is 11. The molecule has 1 aliphatic rings. The van der Waals surface area contributed by atoms with Crippen LogP contribution in [0.4, 0.5) is 0 Å². The molecule has 0 heterocycles. The highest BCUT2D eigenvalue weighted by Gasteiger charge is 2.24. The smallest absolute Gasteiger partial charge is 0.119 e. The summed E-state index contributed by atoms with van der Waals surface area (Å²) in [4.78, 5) is 0. The number of aryl methyl sites for hydroxylation is 1. The molecular formula is C23H38O. The molecule has 0 spiro atoms. The van der Waals surface area contributed by atoms with Gasteiger partial charge in [-0.05, 0) is 48.8 Å². The van der Waals surface area contributed by atoms with Crippen molar-refractivity contribution in [2.75, 3.05) is 6.61 Å². The van der Waals surface area contributed by atoms with Crippen molar-refractivity contribution in [1.29, 1.82) is 0 Å². The van der Waals surface area contributed by atoms with Crippen molar-refractivity contribution in [2.24, 2.45) is 11.8 Å². The summed E-state index contributed by atoms with van der Waals surface area (Å²) in [6, 6.07) is 8.70. The molecule has 1 saturated carbocycles. The number of hydrogen-bond acceptors (Lipinski definition) is 1. The van der Waals surface area contributed by atoms with Crippen LogP contribution in [0.2, 0.25) is 0 Å². The minimum atomic E-state index is 0.880. The maximum atomic E-state index is 5.96. The van der Waals surface area contributed by atoms with Crippen molar-refractivity contribution < 1.29 is 4.74 Å². The van der Waals surface area contributed by atoms with Crippen LogP contribution < -0.4 is 4.74 Å². The van der Waals surface area contributed by atoms with Crippen molar-refractivity contribution in [3.05, 3.63) is 29.8 Å². The Morgan fingerprint density at radius 3 is 2.12 bits per heavy atom. The van der Waals surface area contributed by atoms with Crippen molar-refractivity contribution >= 4 is 0 Å². The monoisotopic (exact) mass is 330 g/mol. The second-order valence-electron chi connectivity index (χ2n) is 7.69. The van der Waals surface area contributed by atoms with Crippen LogP contribution in [-0.4, -0.2) is 6.61 Å². The minimum absolute atomic E-state index is 0.880. The molecular weight excluding hydrogens is 292 g/mol. The van der Waals surface area contributed by atoms with Gasteiger partial charge in [0.1, 0.15) is 5.75 Å². The molecule has 0 saturated heterocycles. The predicted octanol–water partition coefficient (Wildman–Crippen LogP) is 7.18. The molecule has 136 valence electrons. The van der Waals surface area contributed by atoms with Crippen molar-refractivity contribution in [3.63, 3.8) is 0 Å². The van der Waals surface area contributed by atoms with E-state index in [0.717, 1.165) is 24.2 Å². The van der Waals surface area contributed by atoms with Gasteiger partial charge in [-0.3, -0.25) is 0 Å². The standard InChI is InChI=1S/C23H38O/c1-3-5-6-11-21-12-7-8-13-22(21)14-9-19-24-23-17-15-20(10-4-2)16-18-23/h15-18,21-22H,3-14,19H2,1-2H3. The highest BCUT2D eigenvalue weighted by Crippen LogP contribution is 2.36. The van der Waals surface area contributed by atoms with Gasteiger partial charge in [0.2, 0.25) is 0 Å². The van der Waals surface area contributed by atoms with E-state index in [1.165, 1.54) is 82.6 Å². The molecule has 1 aromatic rings. The lowest BCUT2D eigenvalue weighted by Crippen LogP contribution is -2.20. The van der Waals surface area contributed by atoms with Gasteiger partial charge in [0.15, 0.2) is 0 Å². The summed E-state index contributed by atoms with van der Waals surface area (Å²) < 4.78 is 5.96. The molecule has 0 aromatic heterocycles. The van der Waals surface area contributed by atoms with Gasteiger partial charge in [0.05, 0.1) is 6.61 Å². The Bertz CT molecular complexity index is 422. The third-order valence-corrected chi connectivity index (χ3v) is 5.69. The Morgan fingerprint density at radius 1 is 0.833 bits per heavy atom. The van der Waals surface area contributed by atoms with Gasteiger partial charge in [-0.25, -0.2) is 0 Å². The van der Waals surface area contributed by atoms with Crippen LogP contribution in [0.5, 0.6) is 5.75 Å². The highest BCUT2D eigenvalue weighted by molar-refractivity contribution is 5.27. The lowest BCUT2D eigenvalue weighted by Gasteiger charge is -2.31. The lowest BCUT2D eigenvalue weighted by atomic mass is 9.74. The number of ether oxygens (including phenoxy) is 1. The molecule has 0 radical (unpaired) electrons. The van der Waals surface area contributed by atoms with Crippen LogP contribution in [0.1, 0.15) is 90.0 Å². The molecule has 1 nitrogen and oxygen atoms in total. The summed E-state index contributed by atoms with van der Waals surface area (Å²) in [6.45, 7) is 5.42. The third-order valence-electron chi connectivity index (χ3n) is 5.69. The number of hydrogen-bond donors (Lipinski definition) is 0. The Balaban J connectivity index is 1.66. The summed E-state index contributed by atoms with van der Waals surface area (Å²) in [5, 5.41) is 0. The first-order chi connectivity index (χ1) is 11.8.